The third-order valence-corrected chi connectivity index (χ3v) is 2.70. The first-order valence-electron chi connectivity index (χ1n) is 4.26. The summed E-state index contributed by atoms with van der Waals surface area (Å²) < 4.78 is 5.56. The standard InChI is InChI=1S/C8H15NO/c1-2-9-6-8-5-7(9)3-4-10-8/h7-8H,2-6H2,1H3/t7-,8+/m0/s1. The van der Waals surface area contributed by atoms with Gasteiger partial charge in [-0.1, -0.05) is 6.92 Å². The van der Waals surface area contributed by atoms with E-state index in [0.717, 1.165) is 12.6 Å². The summed E-state index contributed by atoms with van der Waals surface area (Å²) in [6, 6.07) is 0.851. The van der Waals surface area contributed by atoms with Crippen LogP contribution in [0, 0.1) is 0 Å². The fourth-order valence-corrected chi connectivity index (χ4v) is 2.12. The highest BCUT2D eigenvalue weighted by Gasteiger charge is 2.34. The lowest BCUT2D eigenvalue weighted by molar-refractivity contribution is 0.0419. The van der Waals surface area contributed by atoms with Gasteiger partial charge < -0.3 is 4.74 Å². The average Bonchev–Trinajstić information content (AvgIpc) is 2.26. The van der Waals surface area contributed by atoms with Gasteiger partial charge in [-0.3, -0.25) is 4.90 Å². The fourth-order valence-electron chi connectivity index (χ4n) is 2.12. The highest BCUT2D eigenvalue weighted by atomic mass is 16.5. The van der Waals surface area contributed by atoms with Crippen molar-refractivity contribution in [1.29, 1.82) is 0 Å². The fraction of sp³-hybridized carbons (Fsp3) is 1.00. The van der Waals surface area contributed by atoms with Crippen LogP contribution in [0.4, 0.5) is 0 Å². The van der Waals surface area contributed by atoms with Gasteiger partial charge in [0.15, 0.2) is 0 Å². The van der Waals surface area contributed by atoms with Crippen LogP contribution in [0.15, 0.2) is 0 Å². The van der Waals surface area contributed by atoms with Crippen LogP contribution in [0.5, 0.6) is 0 Å². The van der Waals surface area contributed by atoms with Gasteiger partial charge in [0.05, 0.1) is 6.10 Å². The molecule has 0 spiro atoms. The van der Waals surface area contributed by atoms with Crippen LogP contribution < -0.4 is 0 Å². The molecule has 0 unspecified atom stereocenters. The molecule has 2 heterocycles. The third kappa shape index (κ3) is 0.956. The quantitative estimate of drug-likeness (QED) is 0.537. The van der Waals surface area contributed by atoms with Gasteiger partial charge in [0.25, 0.3) is 0 Å². The Kier molecular flexibility index (Phi) is 1.66. The van der Waals surface area contributed by atoms with E-state index in [2.05, 4.69) is 11.8 Å². The molecule has 0 radical (unpaired) electrons. The van der Waals surface area contributed by atoms with Crippen molar-refractivity contribution in [3.8, 4) is 0 Å². The Balaban J connectivity index is 2.01. The van der Waals surface area contributed by atoms with E-state index in [-0.39, 0.29) is 0 Å². The summed E-state index contributed by atoms with van der Waals surface area (Å²) in [5.74, 6) is 0. The number of nitrogens with zero attached hydrogens (tertiary/aromatic N) is 1. The van der Waals surface area contributed by atoms with E-state index in [1.54, 1.807) is 0 Å². The van der Waals surface area contributed by atoms with Crippen molar-refractivity contribution in [3.05, 3.63) is 0 Å². The number of ether oxygens (including phenoxy) is 1. The second-order valence-electron chi connectivity index (χ2n) is 3.26. The van der Waals surface area contributed by atoms with Gasteiger partial charge in [0.2, 0.25) is 0 Å². The molecule has 2 atom stereocenters. The number of likely N-dealkylation sites (tertiary alicyclic amines) is 1. The lowest BCUT2D eigenvalue weighted by Gasteiger charge is -2.22. The van der Waals surface area contributed by atoms with E-state index in [9.17, 15) is 0 Å². The largest absolute Gasteiger partial charge is 0.377 e. The summed E-state index contributed by atoms with van der Waals surface area (Å²) >= 11 is 0. The number of hydrogen-bond donors (Lipinski definition) is 0. The minimum absolute atomic E-state index is 0.568. The summed E-state index contributed by atoms with van der Waals surface area (Å²) in [5, 5.41) is 0. The molecule has 58 valence electrons. The van der Waals surface area contributed by atoms with Crippen LogP contribution >= 0.6 is 0 Å². The van der Waals surface area contributed by atoms with Crippen LogP contribution in [0.3, 0.4) is 0 Å². The first-order valence-corrected chi connectivity index (χ1v) is 4.26. The van der Waals surface area contributed by atoms with E-state index in [1.165, 1.54) is 25.9 Å². The van der Waals surface area contributed by atoms with Gasteiger partial charge in [-0.25, -0.2) is 0 Å². The molecule has 0 saturated carbocycles. The van der Waals surface area contributed by atoms with Crippen molar-refractivity contribution >= 4 is 0 Å². The first kappa shape index (κ1) is 6.62. The average molecular weight is 141 g/mol. The Morgan fingerprint density at radius 3 is 3.20 bits per heavy atom. The Bertz CT molecular complexity index is 126. The van der Waals surface area contributed by atoms with E-state index in [0.29, 0.717) is 6.10 Å². The minimum atomic E-state index is 0.568. The van der Waals surface area contributed by atoms with Gasteiger partial charge in [0.1, 0.15) is 0 Å². The number of hydrogen-bond acceptors (Lipinski definition) is 2. The lowest BCUT2D eigenvalue weighted by Crippen LogP contribution is -2.29. The van der Waals surface area contributed by atoms with Gasteiger partial charge in [-0.15, -0.1) is 0 Å². The normalized spacial score (nSPS) is 40.5. The number of likely N-dealkylation sites (N-methyl/N-ethyl adjacent to an activating group) is 1. The zero-order chi connectivity index (χ0) is 6.97. The lowest BCUT2D eigenvalue weighted by atomic mass is 10.1. The molecule has 2 rings (SSSR count). The van der Waals surface area contributed by atoms with E-state index < -0.39 is 0 Å². The van der Waals surface area contributed by atoms with E-state index >= 15 is 0 Å². The van der Waals surface area contributed by atoms with Crippen LogP contribution in [0.2, 0.25) is 0 Å². The molecule has 2 aliphatic heterocycles. The molecule has 2 bridgehead atoms. The molecular weight excluding hydrogens is 126 g/mol. The summed E-state index contributed by atoms with van der Waals surface area (Å²) in [5.41, 5.74) is 0. The molecule has 0 amide bonds. The Morgan fingerprint density at radius 1 is 1.60 bits per heavy atom. The molecule has 0 aromatic heterocycles. The van der Waals surface area contributed by atoms with Gasteiger partial charge in [-0.05, 0) is 19.4 Å². The van der Waals surface area contributed by atoms with Gasteiger partial charge in [-0.2, -0.15) is 0 Å². The van der Waals surface area contributed by atoms with E-state index in [4.69, 9.17) is 4.74 Å². The molecule has 2 saturated heterocycles. The maximum absolute atomic E-state index is 5.56. The molecule has 0 aliphatic carbocycles. The van der Waals surface area contributed by atoms with Crippen molar-refractivity contribution in [2.75, 3.05) is 19.7 Å². The number of rotatable bonds is 1. The SMILES string of the molecule is CCN1C[C@H]2C[C@@H]1CCO2. The Morgan fingerprint density at radius 2 is 2.50 bits per heavy atom. The molecule has 10 heavy (non-hydrogen) atoms. The van der Waals surface area contributed by atoms with Crippen molar-refractivity contribution in [1.82, 2.24) is 4.90 Å². The first-order chi connectivity index (χ1) is 4.90. The molecule has 0 aromatic rings. The maximum atomic E-state index is 5.56. The topological polar surface area (TPSA) is 12.5 Å². The summed E-state index contributed by atoms with van der Waals surface area (Å²) in [4.78, 5) is 2.54. The van der Waals surface area contributed by atoms with Gasteiger partial charge in [0, 0.05) is 19.2 Å². The maximum Gasteiger partial charge on any atom is 0.0717 e. The van der Waals surface area contributed by atoms with Crippen molar-refractivity contribution < 1.29 is 4.74 Å². The third-order valence-electron chi connectivity index (χ3n) is 2.70. The zero-order valence-corrected chi connectivity index (χ0v) is 6.55. The highest BCUT2D eigenvalue weighted by Crippen LogP contribution is 2.26. The molecule has 0 N–H and O–H groups in total. The van der Waals surface area contributed by atoms with Crippen molar-refractivity contribution in [2.24, 2.45) is 0 Å². The predicted octanol–water partition coefficient (Wildman–Crippen LogP) is 0.870. The summed E-state index contributed by atoms with van der Waals surface area (Å²) in [6.45, 7) is 5.61. The molecule has 0 aromatic carbocycles. The van der Waals surface area contributed by atoms with Crippen LogP contribution in [0.25, 0.3) is 0 Å². The molecule has 2 fully saturated rings. The zero-order valence-electron chi connectivity index (χ0n) is 6.55. The van der Waals surface area contributed by atoms with Crippen LogP contribution in [-0.2, 0) is 4.74 Å². The Hall–Kier alpha value is -0.0800. The van der Waals surface area contributed by atoms with Gasteiger partial charge >= 0.3 is 0 Å². The molecular formula is C8H15NO. The predicted molar refractivity (Wildman–Crippen MR) is 40.0 cm³/mol. The molecule has 2 heteroatoms. The van der Waals surface area contributed by atoms with Crippen molar-refractivity contribution in [2.45, 2.75) is 31.9 Å². The van der Waals surface area contributed by atoms with Crippen LogP contribution in [0.1, 0.15) is 19.8 Å². The molecule has 2 nitrogen and oxygen atoms in total. The second-order valence-corrected chi connectivity index (χ2v) is 3.26. The smallest absolute Gasteiger partial charge is 0.0717 e. The summed E-state index contributed by atoms with van der Waals surface area (Å²) in [7, 11) is 0. The monoisotopic (exact) mass is 141 g/mol. The van der Waals surface area contributed by atoms with E-state index in [1.807, 2.05) is 0 Å². The Labute approximate surface area is 62.2 Å². The highest BCUT2D eigenvalue weighted by molar-refractivity contribution is 4.88. The van der Waals surface area contributed by atoms with Crippen LogP contribution in [-0.4, -0.2) is 36.7 Å². The second kappa shape index (κ2) is 2.51. The molecule has 2 aliphatic rings. The summed E-state index contributed by atoms with van der Waals surface area (Å²) in [6.07, 6.45) is 3.11. The minimum Gasteiger partial charge on any atom is -0.377 e. The van der Waals surface area contributed by atoms with Crippen molar-refractivity contribution in [3.63, 3.8) is 0 Å². The number of fused-ring (bicyclic) bond motifs is 2.